The third-order valence-corrected chi connectivity index (χ3v) is 4.12. The van der Waals surface area contributed by atoms with Crippen molar-refractivity contribution in [2.75, 3.05) is 20.2 Å². The Hall–Kier alpha value is -0.810. The standard InChI is InChI=1S/C13H17BrFNO2/c1-18-13-9(6-8-2-4-16-5-3-8)10(14)7-11(15)12(13)17/h7-8,16-17H,2-6H2,1H3. The number of rotatable bonds is 3. The van der Waals surface area contributed by atoms with Crippen LogP contribution in [0, 0.1) is 11.7 Å². The second-order valence-corrected chi connectivity index (χ2v) is 5.45. The zero-order valence-electron chi connectivity index (χ0n) is 10.3. The molecule has 1 aliphatic heterocycles. The number of hydrogen-bond acceptors (Lipinski definition) is 3. The molecule has 1 fully saturated rings. The van der Waals surface area contributed by atoms with Gasteiger partial charge in [0.25, 0.3) is 0 Å². The van der Waals surface area contributed by atoms with Crippen molar-refractivity contribution in [2.24, 2.45) is 5.92 Å². The van der Waals surface area contributed by atoms with Crippen molar-refractivity contribution in [3.8, 4) is 11.5 Å². The number of nitrogens with one attached hydrogen (secondary N) is 1. The zero-order chi connectivity index (χ0) is 13.1. The number of halogens is 2. The molecule has 0 radical (unpaired) electrons. The van der Waals surface area contributed by atoms with Gasteiger partial charge in [-0.3, -0.25) is 0 Å². The molecule has 1 aromatic carbocycles. The van der Waals surface area contributed by atoms with Gasteiger partial charge in [-0.05, 0) is 44.3 Å². The number of phenolic OH excluding ortho intramolecular Hbond substituents is 1. The van der Waals surface area contributed by atoms with Gasteiger partial charge >= 0.3 is 0 Å². The first-order chi connectivity index (χ1) is 8.63. The lowest BCUT2D eigenvalue weighted by Gasteiger charge is -2.24. The fourth-order valence-electron chi connectivity index (χ4n) is 2.41. The molecule has 1 heterocycles. The van der Waals surface area contributed by atoms with Crippen LogP contribution in [0.2, 0.25) is 0 Å². The van der Waals surface area contributed by atoms with Crippen molar-refractivity contribution in [1.29, 1.82) is 0 Å². The molecule has 5 heteroatoms. The molecule has 2 N–H and O–H groups in total. The van der Waals surface area contributed by atoms with Crippen LogP contribution in [-0.4, -0.2) is 25.3 Å². The van der Waals surface area contributed by atoms with E-state index >= 15 is 0 Å². The van der Waals surface area contributed by atoms with Crippen LogP contribution in [0.3, 0.4) is 0 Å². The average molecular weight is 318 g/mol. The molecule has 3 nitrogen and oxygen atoms in total. The SMILES string of the molecule is COc1c(O)c(F)cc(Br)c1CC1CCNCC1. The van der Waals surface area contributed by atoms with Crippen molar-refractivity contribution in [1.82, 2.24) is 5.32 Å². The molecule has 2 rings (SSSR count). The van der Waals surface area contributed by atoms with E-state index in [1.165, 1.54) is 13.2 Å². The molecule has 0 aromatic heterocycles. The first-order valence-electron chi connectivity index (χ1n) is 6.08. The second-order valence-electron chi connectivity index (χ2n) is 4.60. The van der Waals surface area contributed by atoms with E-state index in [0.29, 0.717) is 10.4 Å². The number of benzene rings is 1. The Morgan fingerprint density at radius 1 is 1.50 bits per heavy atom. The summed E-state index contributed by atoms with van der Waals surface area (Å²) >= 11 is 3.35. The third-order valence-electron chi connectivity index (χ3n) is 3.41. The molecule has 0 bridgehead atoms. The van der Waals surface area contributed by atoms with Gasteiger partial charge in [-0.25, -0.2) is 4.39 Å². The fourth-order valence-corrected chi connectivity index (χ4v) is 2.95. The second kappa shape index (κ2) is 5.89. The van der Waals surface area contributed by atoms with E-state index in [0.717, 1.165) is 37.9 Å². The Balaban J connectivity index is 2.28. The lowest BCUT2D eigenvalue weighted by atomic mass is 9.90. The van der Waals surface area contributed by atoms with Gasteiger partial charge in [0.1, 0.15) is 0 Å². The number of hydrogen-bond donors (Lipinski definition) is 2. The van der Waals surface area contributed by atoms with Gasteiger partial charge in [0.2, 0.25) is 0 Å². The first-order valence-corrected chi connectivity index (χ1v) is 6.87. The first kappa shape index (κ1) is 13.6. The van der Waals surface area contributed by atoms with Crippen molar-refractivity contribution in [3.63, 3.8) is 0 Å². The molecule has 0 amide bonds. The summed E-state index contributed by atoms with van der Waals surface area (Å²) < 4.78 is 19.2. The van der Waals surface area contributed by atoms with E-state index in [-0.39, 0.29) is 5.75 Å². The van der Waals surface area contributed by atoms with E-state index in [9.17, 15) is 9.50 Å². The van der Waals surface area contributed by atoms with Crippen LogP contribution >= 0.6 is 15.9 Å². The van der Waals surface area contributed by atoms with Crippen molar-refractivity contribution < 1.29 is 14.2 Å². The predicted octanol–water partition coefficient (Wildman–Crippen LogP) is 2.84. The average Bonchev–Trinajstić information content (AvgIpc) is 2.37. The van der Waals surface area contributed by atoms with Crippen LogP contribution in [0.25, 0.3) is 0 Å². The minimum absolute atomic E-state index is 0.250. The highest BCUT2D eigenvalue weighted by Crippen LogP contribution is 2.39. The van der Waals surface area contributed by atoms with E-state index in [2.05, 4.69) is 21.2 Å². The maximum atomic E-state index is 13.4. The summed E-state index contributed by atoms with van der Waals surface area (Å²) in [4.78, 5) is 0. The van der Waals surface area contributed by atoms with E-state index < -0.39 is 11.6 Å². The monoisotopic (exact) mass is 317 g/mol. The minimum Gasteiger partial charge on any atom is -0.502 e. The Morgan fingerprint density at radius 2 is 2.17 bits per heavy atom. The van der Waals surface area contributed by atoms with Gasteiger partial charge in [-0.1, -0.05) is 15.9 Å². The van der Waals surface area contributed by atoms with Crippen LogP contribution in [-0.2, 0) is 6.42 Å². The molecular weight excluding hydrogens is 301 g/mol. The highest BCUT2D eigenvalue weighted by molar-refractivity contribution is 9.10. The largest absolute Gasteiger partial charge is 0.502 e. The fraction of sp³-hybridized carbons (Fsp3) is 0.538. The van der Waals surface area contributed by atoms with Crippen LogP contribution in [0.4, 0.5) is 4.39 Å². The van der Waals surface area contributed by atoms with Crippen LogP contribution < -0.4 is 10.1 Å². The number of methoxy groups -OCH3 is 1. The normalized spacial score (nSPS) is 16.8. The van der Waals surface area contributed by atoms with E-state index in [1.54, 1.807) is 0 Å². The quantitative estimate of drug-likeness (QED) is 0.900. The maximum Gasteiger partial charge on any atom is 0.194 e. The molecule has 0 spiro atoms. The maximum absolute atomic E-state index is 13.4. The minimum atomic E-state index is -0.659. The summed E-state index contributed by atoms with van der Waals surface area (Å²) in [7, 11) is 1.45. The van der Waals surface area contributed by atoms with Gasteiger partial charge < -0.3 is 15.2 Å². The molecule has 1 aliphatic rings. The molecule has 18 heavy (non-hydrogen) atoms. The molecule has 0 aliphatic carbocycles. The molecular formula is C13H17BrFNO2. The molecule has 1 saturated heterocycles. The Kier molecular flexibility index (Phi) is 4.45. The van der Waals surface area contributed by atoms with Crippen LogP contribution in [0.15, 0.2) is 10.5 Å². The predicted molar refractivity (Wildman–Crippen MR) is 71.6 cm³/mol. The summed E-state index contributed by atoms with van der Waals surface area (Å²) in [5, 5.41) is 13.0. The smallest absolute Gasteiger partial charge is 0.194 e. The topological polar surface area (TPSA) is 41.5 Å². The van der Waals surface area contributed by atoms with Crippen molar-refractivity contribution in [2.45, 2.75) is 19.3 Å². The summed E-state index contributed by atoms with van der Waals surface area (Å²) in [6, 6.07) is 1.30. The number of ether oxygens (including phenoxy) is 1. The number of piperidine rings is 1. The van der Waals surface area contributed by atoms with E-state index in [1.807, 2.05) is 0 Å². The zero-order valence-corrected chi connectivity index (χ0v) is 11.9. The number of aromatic hydroxyl groups is 1. The van der Waals surface area contributed by atoms with Gasteiger partial charge in [-0.15, -0.1) is 0 Å². The molecule has 100 valence electrons. The highest BCUT2D eigenvalue weighted by atomic mass is 79.9. The summed E-state index contributed by atoms with van der Waals surface area (Å²) in [5.74, 6) is -0.265. The lowest BCUT2D eigenvalue weighted by molar-refractivity contribution is 0.338. The summed E-state index contributed by atoms with van der Waals surface area (Å²) in [6.07, 6.45) is 2.97. The van der Waals surface area contributed by atoms with E-state index in [4.69, 9.17) is 4.74 Å². The molecule has 0 unspecified atom stereocenters. The van der Waals surface area contributed by atoms with Gasteiger partial charge in [0.15, 0.2) is 17.3 Å². The lowest BCUT2D eigenvalue weighted by Crippen LogP contribution is -2.28. The van der Waals surface area contributed by atoms with Crippen LogP contribution in [0.5, 0.6) is 11.5 Å². The number of phenols is 1. The van der Waals surface area contributed by atoms with Gasteiger partial charge in [0, 0.05) is 10.0 Å². The highest BCUT2D eigenvalue weighted by Gasteiger charge is 2.21. The summed E-state index contributed by atoms with van der Waals surface area (Å²) in [5.41, 5.74) is 0.850. The van der Waals surface area contributed by atoms with Crippen LogP contribution in [0.1, 0.15) is 18.4 Å². The summed E-state index contributed by atoms with van der Waals surface area (Å²) in [6.45, 7) is 2.02. The van der Waals surface area contributed by atoms with Crippen molar-refractivity contribution >= 4 is 15.9 Å². The third kappa shape index (κ3) is 2.78. The van der Waals surface area contributed by atoms with Crippen molar-refractivity contribution in [3.05, 3.63) is 21.9 Å². The molecule has 1 aromatic rings. The Morgan fingerprint density at radius 3 is 2.78 bits per heavy atom. The van der Waals surface area contributed by atoms with Gasteiger partial charge in [-0.2, -0.15) is 0 Å². The Labute approximate surface area is 114 Å². The molecule has 0 atom stereocenters. The van der Waals surface area contributed by atoms with Gasteiger partial charge in [0.05, 0.1) is 7.11 Å². The molecule has 0 saturated carbocycles. The Bertz CT molecular complexity index is 433.